The molecule has 2 aromatic rings. The molecule has 0 saturated heterocycles. The molecule has 1 heterocycles. The van der Waals surface area contributed by atoms with Gasteiger partial charge in [0, 0.05) is 9.35 Å². The standard InChI is InChI=1S/C20H23BrN2O2S/c1-20(2,3)11-8-9-13-15(10-11)26-19(16(13)17(22)24)23-18(25)12-6-4-5-7-14(12)21/h4-7,11H,8-10H2,1-3H3,(H2,22,24)(H,23,25). The third-order valence-electron chi connectivity index (χ3n) is 5.08. The van der Waals surface area contributed by atoms with Crippen molar-refractivity contribution in [3.8, 4) is 0 Å². The summed E-state index contributed by atoms with van der Waals surface area (Å²) in [5, 5.41) is 3.48. The van der Waals surface area contributed by atoms with Crippen molar-refractivity contribution >= 4 is 44.1 Å². The molecule has 1 aliphatic rings. The van der Waals surface area contributed by atoms with Crippen LogP contribution in [0.4, 0.5) is 5.00 Å². The fraction of sp³-hybridized carbons (Fsp3) is 0.400. The molecule has 1 atom stereocenters. The number of primary amides is 1. The molecule has 2 amide bonds. The van der Waals surface area contributed by atoms with E-state index in [4.69, 9.17) is 5.73 Å². The molecular weight excluding hydrogens is 412 g/mol. The van der Waals surface area contributed by atoms with Crippen molar-refractivity contribution < 1.29 is 9.59 Å². The van der Waals surface area contributed by atoms with Gasteiger partial charge in [-0.2, -0.15) is 0 Å². The number of halogens is 1. The summed E-state index contributed by atoms with van der Waals surface area (Å²) in [5.41, 5.74) is 7.90. The summed E-state index contributed by atoms with van der Waals surface area (Å²) in [5.74, 6) is -0.161. The van der Waals surface area contributed by atoms with E-state index in [0.29, 0.717) is 26.5 Å². The van der Waals surface area contributed by atoms with Crippen molar-refractivity contribution in [2.24, 2.45) is 17.1 Å². The Morgan fingerprint density at radius 2 is 1.96 bits per heavy atom. The van der Waals surface area contributed by atoms with Crippen LogP contribution in [0.1, 0.15) is 58.3 Å². The first-order valence-corrected chi connectivity index (χ1v) is 10.3. The lowest BCUT2D eigenvalue weighted by atomic mass is 9.72. The number of amides is 2. The van der Waals surface area contributed by atoms with Crippen LogP contribution in [-0.4, -0.2) is 11.8 Å². The van der Waals surface area contributed by atoms with Gasteiger partial charge in [-0.3, -0.25) is 9.59 Å². The quantitative estimate of drug-likeness (QED) is 0.711. The molecule has 0 aliphatic heterocycles. The summed E-state index contributed by atoms with van der Waals surface area (Å²) in [4.78, 5) is 25.9. The van der Waals surface area contributed by atoms with Crippen molar-refractivity contribution in [1.29, 1.82) is 0 Å². The molecule has 4 nitrogen and oxygen atoms in total. The molecule has 1 aromatic carbocycles. The zero-order valence-corrected chi connectivity index (χ0v) is 17.6. The maximum atomic E-state index is 12.7. The highest BCUT2D eigenvalue weighted by Crippen LogP contribution is 2.44. The minimum atomic E-state index is -0.473. The number of thiophene rings is 1. The maximum absolute atomic E-state index is 12.7. The number of benzene rings is 1. The van der Waals surface area contributed by atoms with Gasteiger partial charge >= 0.3 is 0 Å². The SMILES string of the molecule is CC(C)(C)C1CCc2c(sc(NC(=O)c3ccccc3Br)c2C(N)=O)C1. The van der Waals surface area contributed by atoms with Crippen LogP contribution in [0.3, 0.4) is 0 Å². The summed E-state index contributed by atoms with van der Waals surface area (Å²) in [6, 6.07) is 7.22. The zero-order chi connectivity index (χ0) is 19.1. The van der Waals surface area contributed by atoms with Gasteiger partial charge in [0.1, 0.15) is 5.00 Å². The molecule has 6 heteroatoms. The fourth-order valence-corrected chi connectivity index (χ4v) is 5.28. The summed E-state index contributed by atoms with van der Waals surface area (Å²) >= 11 is 4.89. The lowest BCUT2D eigenvalue weighted by Gasteiger charge is -2.33. The number of rotatable bonds is 3. The molecule has 3 N–H and O–H groups in total. The molecule has 26 heavy (non-hydrogen) atoms. The number of hydrogen-bond acceptors (Lipinski definition) is 3. The van der Waals surface area contributed by atoms with Crippen molar-refractivity contribution in [3.63, 3.8) is 0 Å². The zero-order valence-electron chi connectivity index (χ0n) is 15.2. The maximum Gasteiger partial charge on any atom is 0.257 e. The molecule has 0 spiro atoms. The van der Waals surface area contributed by atoms with Crippen molar-refractivity contribution in [2.75, 3.05) is 5.32 Å². The molecule has 0 radical (unpaired) electrons. The Hall–Kier alpha value is -1.66. The van der Waals surface area contributed by atoms with Gasteiger partial charge in [-0.05, 0) is 64.2 Å². The molecule has 1 aromatic heterocycles. The largest absolute Gasteiger partial charge is 0.365 e. The number of hydrogen-bond donors (Lipinski definition) is 2. The highest BCUT2D eigenvalue weighted by atomic mass is 79.9. The number of carbonyl (C=O) groups is 2. The van der Waals surface area contributed by atoms with Crippen LogP contribution in [0.25, 0.3) is 0 Å². The second kappa shape index (κ2) is 7.16. The van der Waals surface area contributed by atoms with Gasteiger partial charge in [-0.1, -0.05) is 32.9 Å². The van der Waals surface area contributed by atoms with Crippen molar-refractivity contribution in [1.82, 2.24) is 0 Å². The van der Waals surface area contributed by atoms with E-state index in [1.807, 2.05) is 18.2 Å². The summed E-state index contributed by atoms with van der Waals surface area (Å²) in [7, 11) is 0. The third kappa shape index (κ3) is 3.71. The lowest BCUT2D eigenvalue weighted by molar-refractivity contribution is 0.1000. The summed E-state index contributed by atoms with van der Waals surface area (Å²) in [6.07, 6.45) is 2.79. The van der Waals surface area contributed by atoms with E-state index in [0.717, 1.165) is 24.8 Å². The second-order valence-corrected chi connectivity index (χ2v) is 9.77. The monoisotopic (exact) mass is 434 g/mol. The number of fused-ring (bicyclic) bond motifs is 1. The molecule has 0 saturated carbocycles. The van der Waals surface area contributed by atoms with Crippen LogP contribution in [0, 0.1) is 11.3 Å². The van der Waals surface area contributed by atoms with Crippen LogP contribution < -0.4 is 11.1 Å². The highest BCUT2D eigenvalue weighted by Gasteiger charge is 2.33. The van der Waals surface area contributed by atoms with E-state index in [2.05, 4.69) is 42.0 Å². The topological polar surface area (TPSA) is 72.2 Å². The average molecular weight is 435 g/mol. The normalized spacial score (nSPS) is 16.8. The molecular formula is C20H23BrN2O2S. The van der Waals surface area contributed by atoms with Crippen LogP contribution >= 0.6 is 27.3 Å². The van der Waals surface area contributed by atoms with Gasteiger partial charge in [0.15, 0.2) is 0 Å². The van der Waals surface area contributed by atoms with Gasteiger partial charge in [0.25, 0.3) is 11.8 Å². The summed E-state index contributed by atoms with van der Waals surface area (Å²) < 4.78 is 0.715. The molecule has 0 fully saturated rings. The minimum Gasteiger partial charge on any atom is -0.365 e. The van der Waals surface area contributed by atoms with Crippen molar-refractivity contribution in [3.05, 3.63) is 50.3 Å². The van der Waals surface area contributed by atoms with Gasteiger partial charge in [-0.15, -0.1) is 11.3 Å². The Labute approximate surface area is 166 Å². The predicted octanol–water partition coefficient (Wildman–Crippen LogP) is 5.01. The molecule has 1 unspecified atom stereocenters. The lowest BCUT2D eigenvalue weighted by Crippen LogP contribution is -2.27. The van der Waals surface area contributed by atoms with E-state index in [1.165, 1.54) is 16.2 Å². The Bertz CT molecular complexity index is 867. The second-order valence-electron chi connectivity index (χ2n) is 7.81. The van der Waals surface area contributed by atoms with E-state index in [-0.39, 0.29) is 11.3 Å². The number of anilines is 1. The smallest absolute Gasteiger partial charge is 0.257 e. The molecule has 0 bridgehead atoms. The highest BCUT2D eigenvalue weighted by molar-refractivity contribution is 9.10. The van der Waals surface area contributed by atoms with E-state index in [9.17, 15) is 9.59 Å². The van der Waals surface area contributed by atoms with Gasteiger partial charge in [-0.25, -0.2) is 0 Å². The van der Waals surface area contributed by atoms with Gasteiger partial charge in [0.05, 0.1) is 11.1 Å². The molecule has 3 rings (SSSR count). The van der Waals surface area contributed by atoms with Gasteiger partial charge < -0.3 is 11.1 Å². The third-order valence-corrected chi connectivity index (χ3v) is 6.94. The van der Waals surface area contributed by atoms with E-state index >= 15 is 0 Å². The van der Waals surface area contributed by atoms with Crippen molar-refractivity contribution in [2.45, 2.75) is 40.0 Å². The number of nitrogens with two attached hydrogens (primary N) is 1. The predicted molar refractivity (Wildman–Crippen MR) is 110 cm³/mol. The number of carbonyl (C=O) groups excluding carboxylic acids is 2. The Morgan fingerprint density at radius 3 is 2.58 bits per heavy atom. The average Bonchev–Trinajstić information content (AvgIpc) is 2.91. The van der Waals surface area contributed by atoms with Crippen LogP contribution in [0.5, 0.6) is 0 Å². The molecule has 138 valence electrons. The van der Waals surface area contributed by atoms with Crippen LogP contribution in [0.2, 0.25) is 0 Å². The summed E-state index contributed by atoms with van der Waals surface area (Å²) in [6.45, 7) is 6.75. The van der Waals surface area contributed by atoms with E-state index < -0.39 is 5.91 Å². The Kier molecular flexibility index (Phi) is 5.26. The first-order valence-electron chi connectivity index (χ1n) is 8.68. The molecule has 1 aliphatic carbocycles. The first kappa shape index (κ1) is 19.1. The first-order chi connectivity index (χ1) is 12.2. The minimum absolute atomic E-state index is 0.215. The fourth-order valence-electron chi connectivity index (χ4n) is 3.49. The van der Waals surface area contributed by atoms with Crippen LogP contribution in [-0.2, 0) is 12.8 Å². The Balaban J connectivity index is 1.94. The number of nitrogens with one attached hydrogen (secondary N) is 1. The van der Waals surface area contributed by atoms with Crippen LogP contribution in [0.15, 0.2) is 28.7 Å². The van der Waals surface area contributed by atoms with E-state index in [1.54, 1.807) is 6.07 Å². The van der Waals surface area contributed by atoms with Gasteiger partial charge in [0.2, 0.25) is 0 Å². The Morgan fingerprint density at radius 1 is 1.27 bits per heavy atom.